The van der Waals surface area contributed by atoms with Gasteiger partial charge in [0.05, 0.1) is 25.5 Å². The van der Waals surface area contributed by atoms with Crippen molar-refractivity contribution in [2.45, 2.75) is 18.1 Å². The van der Waals surface area contributed by atoms with Crippen molar-refractivity contribution >= 4 is 29.0 Å². The number of nitrogens with zero attached hydrogens (tertiary/aromatic N) is 3. The van der Waals surface area contributed by atoms with Crippen molar-refractivity contribution in [3.8, 4) is 22.9 Å². The molecule has 1 aromatic carbocycles. The molecule has 0 saturated carbocycles. The second kappa shape index (κ2) is 8.66. The first-order valence-electron chi connectivity index (χ1n) is 8.92. The monoisotopic (exact) mass is 416 g/mol. The summed E-state index contributed by atoms with van der Waals surface area (Å²) in [5.74, 6) is 2.45. The third kappa shape index (κ3) is 4.31. The van der Waals surface area contributed by atoms with Crippen molar-refractivity contribution in [1.29, 1.82) is 0 Å². The maximum absolute atomic E-state index is 12.1. The van der Waals surface area contributed by atoms with Crippen LogP contribution in [0.4, 0.5) is 0 Å². The molecular weight excluding hydrogens is 396 g/mol. The number of rotatable bonds is 6. The Bertz CT molecular complexity index is 956. The molecule has 1 aliphatic heterocycles. The first-order chi connectivity index (χ1) is 13.7. The molecule has 3 heterocycles. The van der Waals surface area contributed by atoms with Gasteiger partial charge in [-0.2, -0.15) is 0 Å². The number of aromatic nitrogens is 3. The number of thioether (sulfide) groups is 1. The molecule has 0 saturated heterocycles. The summed E-state index contributed by atoms with van der Waals surface area (Å²) in [4.78, 5) is 13.2. The van der Waals surface area contributed by atoms with E-state index in [2.05, 4.69) is 15.5 Å². The summed E-state index contributed by atoms with van der Waals surface area (Å²) in [6.07, 6.45) is 0.864. The van der Waals surface area contributed by atoms with E-state index in [4.69, 9.17) is 9.47 Å². The zero-order valence-corrected chi connectivity index (χ0v) is 17.0. The highest BCUT2D eigenvalue weighted by atomic mass is 32.2. The molecule has 4 rings (SSSR count). The Kier molecular flexibility index (Phi) is 5.82. The Morgan fingerprint density at radius 1 is 1.25 bits per heavy atom. The zero-order chi connectivity index (χ0) is 19.3. The second-order valence-electron chi connectivity index (χ2n) is 6.22. The van der Waals surface area contributed by atoms with Gasteiger partial charge in [-0.25, -0.2) is 0 Å². The van der Waals surface area contributed by atoms with Gasteiger partial charge in [-0.05, 0) is 29.6 Å². The van der Waals surface area contributed by atoms with Crippen molar-refractivity contribution in [3.05, 3.63) is 40.6 Å². The molecule has 2 aromatic heterocycles. The summed E-state index contributed by atoms with van der Waals surface area (Å²) in [5, 5.41) is 14.1. The Morgan fingerprint density at radius 3 is 2.93 bits per heavy atom. The molecule has 0 atom stereocenters. The lowest BCUT2D eigenvalue weighted by Crippen LogP contribution is -2.24. The van der Waals surface area contributed by atoms with Crippen LogP contribution in [0.25, 0.3) is 11.4 Å². The van der Waals surface area contributed by atoms with Gasteiger partial charge < -0.3 is 19.4 Å². The number of fused-ring (bicyclic) bond motifs is 1. The van der Waals surface area contributed by atoms with Crippen LogP contribution < -0.4 is 14.8 Å². The average Bonchev–Trinajstić information content (AvgIpc) is 3.28. The Labute approximate surface area is 171 Å². The fourth-order valence-corrected chi connectivity index (χ4v) is 4.16. The third-order valence-electron chi connectivity index (χ3n) is 4.21. The number of nitrogens with one attached hydrogen (secondary N) is 1. The topological polar surface area (TPSA) is 78.3 Å². The maximum atomic E-state index is 12.1. The van der Waals surface area contributed by atoms with Crippen LogP contribution in [0, 0.1) is 0 Å². The Balaban J connectivity index is 1.40. The van der Waals surface area contributed by atoms with Gasteiger partial charge in [0, 0.05) is 23.9 Å². The van der Waals surface area contributed by atoms with Crippen LogP contribution >= 0.6 is 23.1 Å². The lowest BCUT2D eigenvalue weighted by atomic mass is 10.2. The highest BCUT2D eigenvalue weighted by Crippen LogP contribution is 2.34. The summed E-state index contributed by atoms with van der Waals surface area (Å²) in [7, 11) is 1.89. The molecule has 1 N–H and O–H groups in total. The van der Waals surface area contributed by atoms with Crippen LogP contribution in [0.5, 0.6) is 11.5 Å². The molecule has 0 spiro atoms. The molecule has 28 heavy (non-hydrogen) atoms. The summed E-state index contributed by atoms with van der Waals surface area (Å²) in [5.41, 5.74) is 0.897. The van der Waals surface area contributed by atoms with Crippen LogP contribution in [0.2, 0.25) is 0 Å². The molecule has 1 aliphatic rings. The van der Waals surface area contributed by atoms with Crippen molar-refractivity contribution < 1.29 is 14.3 Å². The number of benzene rings is 1. The van der Waals surface area contributed by atoms with E-state index in [0.29, 0.717) is 30.7 Å². The number of hydrogen-bond donors (Lipinski definition) is 1. The van der Waals surface area contributed by atoms with E-state index in [9.17, 15) is 4.79 Å². The summed E-state index contributed by atoms with van der Waals surface area (Å²) >= 11 is 2.99. The Morgan fingerprint density at radius 2 is 2.11 bits per heavy atom. The van der Waals surface area contributed by atoms with E-state index >= 15 is 0 Å². The standard InChI is InChI=1S/C19H20N4O3S2/c1-23-18(13-5-6-15-16(10-13)26-8-3-7-25-15)21-22-19(23)28-12-17(24)20-11-14-4-2-9-27-14/h2,4-6,9-10H,3,7-8,11-12H2,1H3,(H,20,24). The van der Waals surface area contributed by atoms with Crippen LogP contribution in [-0.4, -0.2) is 39.6 Å². The van der Waals surface area contributed by atoms with E-state index in [1.807, 2.05) is 47.3 Å². The number of thiophene rings is 1. The quantitative estimate of drug-likeness (QED) is 0.622. The van der Waals surface area contributed by atoms with Crippen LogP contribution in [-0.2, 0) is 18.4 Å². The molecule has 7 nitrogen and oxygen atoms in total. The number of carbonyl (C=O) groups excluding carboxylic acids is 1. The third-order valence-corrected chi connectivity index (χ3v) is 6.11. The molecule has 0 fully saturated rings. The first kappa shape index (κ1) is 18.8. The van der Waals surface area contributed by atoms with Gasteiger partial charge in [-0.1, -0.05) is 17.8 Å². The smallest absolute Gasteiger partial charge is 0.230 e. The van der Waals surface area contributed by atoms with E-state index in [1.54, 1.807) is 11.3 Å². The van der Waals surface area contributed by atoms with Crippen LogP contribution in [0.15, 0.2) is 40.9 Å². The van der Waals surface area contributed by atoms with Gasteiger partial charge in [-0.3, -0.25) is 4.79 Å². The van der Waals surface area contributed by atoms with Crippen LogP contribution in [0.1, 0.15) is 11.3 Å². The molecule has 0 radical (unpaired) electrons. The Hall–Kier alpha value is -2.52. The lowest BCUT2D eigenvalue weighted by Gasteiger charge is -2.09. The van der Waals surface area contributed by atoms with E-state index < -0.39 is 0 Å². The largest absolute Gasteiger partial charge is 0.490 e. The number of hydrogen-bond acceptors (Lipinski definition) is 7. The highest BCUT2D eigenvalue weighted by molar-refractivity contribution is 7.99. The highest BCUT2D eigenvalue weighted by Gasteiger charge is 2.16. The molecule has 9 heteroatoms. The summed E-state index contributed by atoms with van der Waals surface area (Å²) in [6, 6.07) is 9.74. The van der Waals surface area contributed by atoms with Gasteiger partial charge in [-0.15, -0.1) is 21.5 Å². The zero-order valence-electron chi connectivity index (χ0n) is 15.4. The van der Waals surface area contributed by atoms with Gasteiger partial charge in [0.2, 0.25) is 5.91 Å². The summed E-state index contributed by atoms with van der Waals surface area (Å²) in [6.45, 7) is 1.85. The molecule has 0 unspecified atom stereocenters. The average molecular weight is 417 g/mol. The predicted molar refractivity (Wildman–Crippen MR) is 109 cm³/mol. The lowest BCUT2D eigenvalue weighted by molar-refractivity contribution is -0.118. The molecule has 1 amide bonds. The van der Waals surface area contributed by atoms with Crippen LogP contribution in [0.3, 0.4) is 0 Å². The van der Waals surface area contributed by atoms with Gasteiger partial charge >= 0.3 is 0 Å². The summed E-state index contributed by atoms with van der Waals surface area (Å²) < 4.78 is 13.3. The fraction of sp³-hybridized carbons (Fsp3) is 0.316. The minimum atomic E-state index is -0.0291. The molecule has 146 valence electrons. The van der Waals surface area contributed by atoms with Crippen molar-refractivity contribution in [1.82, 2.24) is 20.1 Å². The molecule has 0 aliphatic carbocycles. The van der Waals surface area contributed by atoms with E-state index in [0.717, 1.165) is 34.2 Å². The maximum Gasteiger partial charge on any atom is 0.230 e. The fourth-order valence-electron chi connectivity index (χ4n) is 2.77. The minimum Gasteiger partial charge on any atom is -0.490 e. The normalized spacial score (nSPS) is 13.2. The second-order valence-corrected chi connectivity index (χ2v) is 8.20. The van der Waals surface area contributed by atoms with Crippen molar-refractivity contribution in [3.63, 3.8) is 0 Å². The van der Waals surface area contributed by atoms with Crippen molar-refractivity contribution in [2.75, 3.05) is 19.0 Å². The predicted octanol–water partition coefficient (Wildman–Crippen LogP) is 3.11. The molecule has 0 bridgehead atoms. The molecular formula is C19H20N4O3S2. The molecule has 3 aromatic rings. The van der Waals surface area contributed by atoms with Gasteiger partial charge in [0.15, 0.2) is 22.5 Å². The van der Waals surface area contributed by atoms with Gasteiger partial charge in [0.1, 0.15) is 0 Å². The van der Waals surface area contributed by atoms with E-state index in [-0.39, 0.29) is 5.91 Å². The number of amides is 1. The number of ether oxygens (including phenoxy) is 2. The van der Waals surface area contributed by atoms with Gasteiger partial charge in [0.25, 0.3) is 0 Å². The first-order valence-corrected chi connectivity index (χ1v) is 10.8. The van der Waals surface area contributed by atoms with Crippen molar-refractivity contribution in [2.24, 2.45) is 7.05 Å². The number of carbonyl (C=O) groups is 1. The SMILES string of the molecule is Cn1c(SCC(=O)NCc2cccs2)nnc1-c1ccc2c(c1)OCCCO2. The van der Waals surface area contributed by atoms with E-state index in [1.165, 1.54) is 11.8 Å². The minimum absolute atomic E-state index is 0.0291.